The summed E-state index contributed by atoms with van der Waals surface area (Å²) in [6, 6.07) is 3.14. The molecule has 5 nitrogen and oxygen atoms in total. The molecule has 0 aromatic carbocycles. The first-order valence-electron chi connectivity index (χ1n) is 6.76. The third-order valence-electron chi connectivity index (χ3n) is 2.67. The van der Waals surface area contributed by atoms with E-state index in [4.69, 9.17) is 0 Å². The van der Waals surface area contributed by atoms with Gasteiger partial charge in [0.1, 0.15) is 5.82 Å². The van der Waals surface area contributed by atoms with Crippen LogP contribution in [0.1, 0.15) is 33.6 Å². The number of hydrogen-bond acceptors (Lipinski definition) is 4. The van der Waals surface area contributed by atoms with Gasteiger partial charge in [0, 0.05) is 31.9 Å². The van der Waals surface area contributed by atoms with Crippen molar-refractivity contribution in [2.45, 2.75) is 38.5 Å². The first-order valence-corrected chi connectivity index (χ1v) is 8.20. The molecule has 19 heavy (non-hydrogen) atoms. The third-order valence-corrected chi connectivity index (χ3v) is 4.57. The molecule has 0 aliphatic carbocycles. The summed E-state index contributed by atoms with van der Waals surface area (Å²) in [4.78, 5) is 4.41. The van der Waals surface area contributed by atoms with E-state index in [1.165, 1.54) is 10.5 Å². The van der Waals surface area contributed by atoms with Crippen LogP contribution in [0.3, 0.4) is 0 Å². The van der Waals surface area contributed by atoms with Crippen molar-refractivity contribution in [2.75, 3.05) is 25.0 Å². The smallest absolute Gasteiger partial charge is 0.243 e. The molecule has 1 aromatic heterocycles. The van der Waals surface area contributed by atoms with Crippen molar-refractivity contribution in [3.63, 3.8) is 0 Å². The van der Waals surface area contributed by atoms with E-state index in [2.05, 4.69) is 10.3 Å². The van der Waals surface area contributed by atoms with Crippen molar-refractivity contribution in [3.8, 4) is 0 Å². The van der Waals surface area contributed by atoms with E-state index in [9.17, 15) is 8.42 Å². The molecule has 0 unspecified atom stereocenters. The maximum atomic E-state index is 12.5. The third kappa shape index (κ3) is 4.18. The van der Waals surface area contributed by atoms with Gasteiger partial charge in [0.25, 0.3) is 0 Å². The van der Waals surface area contributed by atoms with Crippen LogP contribution in [0, 0.1) is 0 Å². The molecule has 0 atom stereocenters. The maximum Gasteiger partial charge on any atom is 0.243 e. The number of hydrogen-bond donors (Lipinski definition) is 1. The molecule has 0 aliphatic heterocycles. The van der Waals surface area contributed by atoms with Gasteiger partial charge in [-0.15, -0.1) is 0 Å². The second-order valence-corrected chi connectivity index (χ2v) is 6.25. The summed E-state index contributed by atoms with van der Waals surface area (Å²) >= 11 is 0. The van der Waals surface area contributed by atoms with Crippen molar-refractivity contribution in [3.05, 3.63) is 18.3 Å². The van der Waals surface area contributed by atoms with Gasteiger partial charge < -0.3 is 5.32 Å². The highest BCUT2D eigenvalue weighted by atomic mass is 32.2. The Bertz CT molecular complexity index is 482. The molecule has 0 aliphatic rings. The van der Waals surface area contributed by atoms with E-state index in [-0.39, 0.29) is 0 Å². The first-order chi connectivity index (χ1) is 9.06. The second-order valence-electron chi connectivity index (χ2n) is 4.31. The van der Waals surface area contributed by atoms with Crippen LogP contribution in [-0.2, 0) is 10.0 Å². The normalized spacial score (nSPS) is 11.8. The Morgan fingerprint density at radius 3 is 2.37 bits per heavy atom. The van der Waals surface area contributed by atoms with Crippen LogP contribution in [-0.4, -0.2) is 37.3 Å². The van der Waals surface area contributed by atoms with Gasteiger partial charge in [-0.2, -0.15) is 4.31 Å². The van der Waals surface area contributed by atoms with E-state index in [1.54, 1.807) is 12.1 Å². The molecule has 108 valence electrons. The molecule has 1 aromatic rings. The topological polar surface area (TPSA) is 62.3 Å². The molecule has 1 rings (SSSR count). The van der Waals surface area contributed by atoms with Crippen LogP contribution in [0.5, 0.6) is 0 Å². The van der Waals surface area contributed by atoms with Gasteiger partial charge in [0.2, 0.25) is 10.0 Å². The number of nitrogens with zero attached hydrogens (tertiary/aromatic N) is 2. The van der Waals surface area contributed by atoms with Crippen LogP contribution < -0.4 is 5.32 Å². The van der Waals surface area contributed by atoms with Gasteiger partial charge in [-0.05, 0) is 25.8 Å². The Hall–Kier alpha value is -1.14. The maximum absolute atomic E-state index is 12.5. The van der Waals surface area contributed by atoms with Crippen molar-refractivity contribution >= 4 is 15.8 Å². The largest absolute Gasteiger partial charge is 0.370 e. The minimum atomic E-state index is -3.41. The Labute approximate surface area is 116 Å². The minimum Gasteiger partial charge on any atom is -0.370 e. The highest BCUT2D eigenvalue weighted by Gasteiger charge is 2.23. The average Bonchev–Trinajstić information content (AvgIpc) is 2.39. The molecule has 0 amide bonds. The molecule has 6 heteroatoms. The van der Waals surface area contributed by atoms with Gasteiger partial charge in [-0.3, -0.25) is 0 Å². The van der Waals surface area contributed by atoms with Crippen LogP contribution in [0.15, 0.2) is 23.2 Å². The highest BCUT2D eigenvalue weighted by molar-refractivity contribution is 7.89. The van der Waals surface area contributed by atoms with E-state index in [0.717, 1.165) is 12.8 Å². The fraction of sp³-hybridized carbons (Fsp3) is 0.615. The van der Waals surface area contributed by atoms with E-state index in [0.29, 0.717) is 30.3 Å². The number of rotatable bonds is 8. The summed E-state index contributed by atoms with van der Waals surface area (Å²) in [7, 11) is -3.41. The van der Waals surface area contributed by atoms with Crippen LogP contribution >= 0.6 is 0 Å². The second kappa shape index (κ2) is 7.45. The molecule has 0 spiro atoms. The molecule has 0 fully saturated rings. The lowest BCUT2D eigenvalue weighted by Crippen LogP contribution is -2.32. The van der Waals surface area contributed by atoms with Crippen LogP contribution in [0.25, 0.3) is 0 Å². The van der Waals surface area contributed by atoms with E-state index < -0.39 is 10.0 Å². The fourth-order valence-corrected chi connectivity index (χ4v) is 3.49. The van der Waals surface area contributed by atoms with Gasteiger partial charge >= 0.3 is 0 Å². The van der Waals surface area contributed by atoms with Crippen molar-refractivity contribution < 1.29 is 8.42 Å². The zero-order valence-corrected chi connectivity index (χ0v) is 12.7. The molecular formula is C13H23N3O2S. The monoisotopic (exact) mass is 285 g/mol. The predicted molar refractivity (Wildman–Crippen MR) is 77.7 cm³/mol. The quantitative estimate of drug-likeness (QED) is 0.796. The van der Waals surface area contributed by atoms with Gasteiger partial charge in [0.15, 0.2) is 0 Å². The molecule has 0 radical (unpaired) electrons. The summed E-state index contributed by atoms with van der Waals surface area (Å²) < 4.78 is 26.6. The lowest BCUT2D eigenvalue weighted by atomic mass is 10.4. The van der Waals surface area contributed by atoms with Crippen LogP contribution in [0.2, 0.25) is 0 Å². The Kier molecular flexibility index (Phi) is 6.24. The summed E-state index contributed by atoms with van der Waals surface area (Å²) in [5, 5.41) is 3.03. The number of sulfonamides is 1. The fourth-order valence-electron chi connectivity index (χ4n) is 1.85. The zero-order valence-electron chi connectivity index (χ0n) is 11.9. The summed E-state index contributed by atoms with van der Waals surface area (Å²) in [5.74, 6) is 0.594. The minimum absolute atomic E-state index is 0.306. The number of pyridine rings is 1. The summed E-state index contributed by atoms with van der Waals surface area (Å²) in [6.07, 6.45) is 3.15. The number of anilines is 1. The summed E-state index contributed by atoms with van der Waals surface area (Å²) in [5.41, 5.74) is 0. The van der Waals surface area contributed by atoms with E-state index >= 15 is 0 Å². The SMILES string of the molecule is CCCN(CCC)S(=O)(=O)c1ccnc(NCC)c1. The average molecular weight is 285 g/mol. The number of nitrogens with one attached hydrogen (secondary N) is 1. The Morgan fingerprint density at radius 1 is 1.21 bits per heavy atom. The highest BCUT2D eigenvalue weighted by Crippen LogP contribution is 2.18. The number of aromatic nitrogens is 1. The van der Waals surface area contributed by atoms with Gasteiger partial charge in [-0.25, -0.2) is 13.4 Å². The predicted octanol–water partition coefficient (Wildman–Crippen LogP) is 2.32. The summed E-state index contributed by atoms with van der Waals surface area (Å²) in [6.45, 7) is 7.72. The zero-order chi connectivity index (χ0) is 14.3. The first kappa shape index (κ1) is 15.9. The van der Waals surface area contributed by atoms with Crippen molar-refractivity contribution in [1.29, 1.82) is 0 Å². The van der Waals surface area contributed by atoms with Crippen molar-refractivity contribution in [2.24, 2.45) is 0 Å². The molecule has 0 bridgehead atoms. The molecule has 1 heterocycles. The standard InChI is InChI=1S/C13H23N3O2S/c1-4-9-16(10-5-2)19(17,18)12-7-8-15-13(11-12)14-6-3/h7-8,11H,4-6,9-10H2,1-3H3,(H,14,15). The van der Waals surface area contributed by atoms with Gasteiger partial charge in [0.05, 0.1) is 4.90 Å². The van der Waals surface area contributed by atoms with Crippen LogP contribution in [0.4, 0.5) is 5.82 Å². The van der Waals surface area contributed by atoms with Gasteiger partial charge in [-0.1, -0.05) is 13.8 Å². The Morgan fingerprint density at radius 2 is 1.84 bits per heavy atom. The van der Waals surface area contributed by atoms with E-state index in [1.807, 2.05) is 20.8 Å². The Balaban J connectivity index is 3.06. The molecular weight excluding hydrogens is 262 g/mol. The lowest BCUT2D eigenvalue weighted by molar-refractivity contribution is 0.410. The van der Waals surface area contributed by atoms with Crippen molar-refractivity contribution in [1.82, 2.24) is 9.29 Å². The molecule has 1 N–H and O–H groups in total. The molecule has 0 saturated heterocycles. The lowest BCUT2D eigenvalue weighted by Gasteiger charge is -2.21. The molecule has 0 saturated carbocycles.